The molecule has 0 radical (unpaired) electrons. The Morgan fingerprint density at radius 1 is 1.26 bits per heavy atom. The van der Waals surface area contributed by atoms with Gasteiger partial charge in [-0.2, -0.15) is 10.2 Å². The number of furan rings is 1. The molecule has 0 atom stereocenters. The van der Waals surface area contributed by atoms with Gasteiger partial charge in [0.2, 0.25) is 5.91 Å². The molecule has 0 saturated heterocycles. The zero-order valence-electron chi connectivity index (χ0n) is 20.9. The van der Waals surface area contributed by atoms with Crippen LogP contribution in [0.5, 0.6) is 0 Å². The van der Waals surface area contributed by atoms with Gasteiger partial charge in [-0.3, -0.25) is 10.2 Å². The smallest absolute Gasteiger partial charge is 0.248 e. The number of aromatic nitrogens is 2. The van der Waals surface area contributed by atoms with E-state index in [-0.39, 0.29) is 17.4 Å². The Morgan fingerprint density at radius 2 is 2.03 bits per heavy atom. The van der Waals surface area contributed by atoms with E-state index in [1.807, 2.05) is 37.9 Å². The fourth-order valence-corrected chi connectivity index (χ4v) is 4.36. The minimum absolute atomic E-state index is 0.0550. The van der Waals surface area contributed by atoms with Crippen molar-refractivity contribution in [3.8, 4) is 17.1 Å². The summed E-state index contributed by atoms with van der Waals surface area (Å²) in [6.45, 7) is 2.57. The Labute approximate surface area is 223 Å². The fraction of sp³-hybridized carbons (Fsp3) is 0.148. The van der Waals surface area contributed by atoms with Crippen LogP contribution in [0.3, 0.4) is 0 Å². The molecular formula is C27H24ClN7O3. The van der Waals surface area contributed by atoms with Gasteiger partial charge < -0.3 is 20.4 Å². The third kappa shape index (κ3) is 4.59. The molecular weight excluding hydrogens is 506 g/mol. The van der Waals surface area contributed by atoms with Gasteiger partial charge in [0.1, 0.15) is 17.0 Å². The van der Waals surface area contributed by atoms with Gasteiger partial charge in [-0.15, -0.1) is 0 Å². The molecule has 0 aliphatic carbocycles. The molecule has 192 valence electrons. The first kappa shape index (κ1) is 25.0. The highest BCUT2D eigenvalue weighted by molar-refractivity contribution is 6.31. The number of nitrogens with zero attached hydrogens (tertiary/aromatic N) is 4. The summed E-state index contributed by atoms with van der Waals surface area (Å²) in [6.07, 6.45) is 3.28. The molecule has 1 aliphatic heterocycles. The number of nitrogens with two attached hydrogens (primary N) is 1. The number of halogens is 1. The average Bonchev–Trinajstić information content (AvgIpc) is 3.43. The number of carbonyl (C=O) groups is 1. The molecule has 0 unspecified atom stereocenters. The molecule has 2 aromatic carbocycles. The fourth-order valence-electron chi connectivity index (χ4n) is 4.19. The quantitative estimate of drug-likeness (QED) is 0.256. The van der Waals surface area contributed by atoms with E-state index in [1.54, 1.807) is 47.2 Å². The summed E-state index contributed by atoms with van der Waals surface area (Å²) >= 11 is 6.23. The second-order valence-corrected chi connectivity index (χ2v) is 9.40. The molecule has 1 aliphatic rings. The van der Waals surface area contributed by atoms with Gasteiger partial charge in [-0.1, -0.05) is 17.7 Å². The maximum atomic E-state index is 12.2. The summed E-state index contributed by atoms with van der Waals surface area (Å²) in [5, 5.41) is 13.0. The lowest BCUT2D eigenvalue weighted by molar-refractivity contribution is -0.111. The lowest BCUT2D eigenvalue weighted by atomic mass is 10.0. The highest BCUT2D eigenvalue weighted by Gasteiger charge is 2.31. The summed E-state index contributed by atoms with van der Waals surface area (Å²) < 4.78 is 7.88. The van der Waals surface area contributed by atoms with Crippen LogP contribution in [0.25, 0.3) is 33.8 Å². The van der Waals surface area contributed by atoms with Crippen molar-refractivity contribution < 1.29 is 14.0 Å². The molecule has 0 saturated carbocycles. The van der Waals surface area contributed by atoms with Crippen LogP contribution < -0.4 is 16.5 Å². The van der Waals surface area contributed by atoms with Gasteiger partial charge >= 0.3 is 0 Å². The number of hydrazone groups is 1. The van der Waals surface area contributed by atoms with Crippen LogP contribution in [-0.2, 0) is 9.59 Å². The molecule has 2 aromatic heterocycles. The topological polar surface area (TPSA) is 131 Å². The number of fused-ring (bicyclic) bond motifs is 2. The Hall–Kier alpha value is -4.63. The third-order valence-corrected chi connectivity index (χ3v) is 6.24. The van der Waals surface area contributed by atoms with E-state index in [9.17, 15) is 9.59 Å². The second kappa shape index (κ2) is 10.0. The van der Waals surface area contributed by atoms with Crippen molar-refractivity contribution in [2.75, 3.05) is 26.0 Å². The van der Waals surface area contributed by atoms with E-state index in [2.05, 4.69) is 20.9 Å². The first-order valence-corrected chi connectivity index (χ1v) is 12.0. The number of benzene rings is 2. The van der Waals surface area contributed by atoms with Crippen LogP contribution >= 0.6 is 11.6 Å². The maximum Gasteiger partial charge on any atom is 0.248 e. The molecule has 0 bridgehead atoms. The van der Waals surface area contributed by atoms with Gasteiger partial charge in [0.25, 0.3) is 0 Å². The molecule has 38 heavy (non-hydrogen) atoms. The van der Waals surface area contributed by atoms with Crippen molar-refractivity contribution in [3.05, 3.63) is 76.5 Å². The van der Waals surface area contributed by atoms with E-state index in [0.717, 1.165) is 10.9 Å². The first-order chi connectivity index (χ1) is 18.3. The normalized spacial score (nSPS) is 13.0. The van der Waals surface area contributed by atoms with E-state index in [0.29, 0.717) is 51.2 Å². The Bertz CT molecular complexity index is 1670. The van der Waals surface area contributed by atoms with Crippen molar-refractivity contribution in [1.82, 2.24) is 20.1 Å². The zero-order valence-corrected chi connectivity index (χ0v) is 21.6. The zero-order chi connectivity index (χ0) is 27.0. The SMILES string of the molecule is Cc1c(-c2c3c(nn2-c2ccc(NC(=O)/C=C/CN(C)C)cc2)C(=C=O)NN=C3N)oc2ccc(Cl)cc12. The van der Waals surface area contributed by atoms with Crippen molar-refractivity contribution in [2.45, 2.75) is 6.92 Å². The Morgan fingerprint density at radius 3 is 2.74 bits per heavy atom. The van der Waals surface area contributed by atoms with Gasteiger partial charge in [0.15, 0.2) is 23.2 Å². The third-order valence-electron chi connectivity index (χ3n) is 6.00. The van der Waals surface area contributed by atoms with E-state index in [4.69, 9.17) is 21.8 Å². The number of hydrogen-bond donors (Lipinski definition) is 3. The van der Waals surface area contributed by atoms with Crippen LogP contribution in [0.1, 0.15) is 16.8 Å². The van der Waals surface area contributed by atoms with Crippen molar-refractivity contribution >= 4 is 51.6 Å². The van der Waals surface area contributed by atoms with Crippen LogP contribution in [0.4, 0.5) is 5.69 Å². The summed E-state index contributed by atoms with van der Waals surface area (Å²) in [6, 6.07) is 12.5. The lowest BCUT2D eigenvalue weighted by Crippen LogP contribution is -2.25. The molecule has 5 rings (SSSR count). The largest absolute Gasteiger partial charge is 0.454 e. The van der Waals surface area contributed by atoms with Crippen molar-refractivity contribution in [3.63, 3.8) is 0 Å². The van der Waals surface area contributed by atoms with E-state index in [1.165, 1.54) is 6.08 Å². The molecule has 0 spiro atoms. The number of hydrogen-bond acceptors (Lipinski definition) is 8. The molecule has 10 nitrogen and oxygen atoms in total. The monoisotopic (exact) mass is 529 g/mol. The molecule has 0 fully saturated rings. The van der Waals surface area contributed by atoms with E-state index >= 15 is 0 Å². The van der Waals surface area contributed by atoms with Gasteiger partial charge in [0, 0.05) is 34.3 Å². The molecule has 4 N–H and O–H groups in total. The number of amides is 1. The predicted molar refractivity (Wildman–Crippen MR) is 148 cm³/mol. The van der Waals surface area contributed by atoms with Crippen molar-refractivity contribution in [2.24, 2.45) is 10.8 Å². The minimum atomic E-state index is -0.234. The van der Waals surface area contributed by atoms with Gasteiger partial charge in [-0.25, -0.2) is 9.48 Å². The Kier molecular flexibility index (Phi) is 6.61. The maximum absolute atomic E-state index is 12.2. The summed E-state index contributed by atoms with van der Waals surface area (Å²) in [7, 11) is 3.85. The second-order valence-electron chi connectivity index (χ2n) is 8.97. The lowest BCUT2D eigenvalue weighted by Gasteiger charge is -2.12. The van der Waals surface area contributed by atoms with Gasteiger partial charge in [0.05, 0.1) is 11.3 Å². The molecule has 11 heteroatoms. The number of anilines is 1. The van der Waals surface area contributed by atoms with Gasteiger partial charge in [-0.05, 0) is 63.5 Å². The van der Waals surface area contributed by atoms with Crippen LogP contribution in [-0.4, -0.2) is 53.0 Å². The number of likely N-dealkylation sites (N-methyl/N-ethyl adjacent to an activating group) is 1. The molecule has 1 amide bonds. The van der Waals surface area contributed by atoms with Crippen LogP contribution in [0, 0.1) is 6.92 Å². The average molecular weight is 530 g/mol. The Balaban J connectivity index is 1.61. The van der Waals surface area contributed by atoms with Crippen LogP contribution in [0.2, 0.25) is 5.02 Å². The first-order valence-electron chi connectivity index (χ1n) is 11.7. The number of aryl methyl sites for hydroxylation is 1. The highest BCUT2D eigenvalue weighted by Crippen LogP contribution is 2.39. The predicted octanol–water partition coefficient (Wildman–Crippen LogP) is 3.70. The van der Waals surface area contributed by atoms with Crippen molar-refractivity contribution in [1.29, 1.82) is 0 Å². The summed E-state index contributed by atoms with van der Waals surface area (Å²) in [5.74, 6) is 2.25. The molecule has 4 aromatic rings. The van der Waals surface area contributed by atoms with E-state index < -0.39 is 0 Å². The minimum Gasteiger partial charge on any atom is -0.454 e. The number of rotatable bonds is 6. The highest BCUT2D eigenvalue weighted by atomic mass is 35.5. The number of amidine groups is 1. The standard InChI is InChI=1S/C27H24ClN7O3/c1-15-19-13-16(28)6-11-21(19)38-26(15)25-23-24(20(14-36)31-32-27(23)29)33-35(25)18-9-7-17(8-10-18)30-22(37)5-4-12-34(2)3/h4-11,13,31H,12H2,1-3H3,(H2,29,32)(H,30,37)/b5-4+. The number of carbonyl (C=O) groups excluding carboxylic acids is 2. The number of nitrogens with one attached hydrogen (secondary N) is 2. The summed E-state index contributed by atoms with van der Waals surface area (Å²) in [5.41, 5.74) is 12.9. The molecule has 3 heterocycles. The summed E-state index contributed by atoms with van der Waals surface area (Å²) in [4.78, 5) is 25.9. The van der Waals surface area contributed by atoms with Crippen LogP contribution in [0.15, 0.2) is 64.1 Å².